The number of rotatable bonds is 2. The van der Waals surface area contributed by atoms with Crippen LogP contribution in [0.15, 0.2) is 40.9 Å². The van der Waals surface area contributed by atoms with Gasteiger partial charge in [0.25, 0.3) is 0 Å². The van der Waals surface area contributed by atoms with Crippen molar-refractivity contribution in [2.24, 2.45) is 0 Å². The van der Waals surface area contributed by atoms with Crippen LogP contribution in [0.1, 0.15) is 10.4 Å². The van der Waals surface area contributed by atoms with E-state index < -0.39 is 23.2 Å². The standard InChI is InChI=1S/C13H7BrF2O2/c14-10-3-1-2-8(12(10)16)7-4-5-9(13(17)18)11(15)6-7/h1-6H,(H,17,18). The van der Waals surface area contributed by atoms with Crippen LogP contribution in [0.2, 0.25) is 0 Å². The molecule has 0 radical (unpaired) electrons. The monoisotopic (exact) mass is 312 g/mol. The van der Waals surface area contributed by atoms with E-state index in [1.165, 1.54) is 18.2 Å². The molecule has 0 bridgehead atoms. The number of carboxylic acids is 1. The van der Waals surface area contributed by atoms with Gasteiger partial charge in [0.2, 0.25) is 0 Å². The van der Waals surface area contributed by atoms with Gasteiger partial charge in [0.05, 0.1) is 10.0 Å². The Bertz CT molecular complexity index is 626. The minimum Gasteiger partial charge on any atom is -0.478 e. The summed E-state index contributed by atoms with van der Waals surface area (Å²) in [7, 11) is 0. The summed E-state index contributed by atoms with van der Waals surface area (Å²) < 4.78 is 27.6. The number of benzene rings is 2. The Labute approximate surface area is 110 Å². The number of carbonyl (C=O) groups is 1. The van der Waals surface area contributed by atoms with E-state index in [1.54, 1.807) is 6.07 Å². The summed E-state index contributed by atoms with van der Waals surface area (Å²) in [6, 6.07) is 8.14. The van der Waals surface area contributed by atoms with Crippen molar-refractivity contribution in [3.63, 3.8) is 0 Å². The predicted molar refractivity (Wildman–Crippen MR) is 66.5 cm³/mol. The summed E-state index contributed by atoms with van der Waals surface area (Å²) >= 11 is 3.04. The topological polar surface area (TPSA) is 37.3 Å². The van der Waals surface area contributed by atoms with Gasteiger partial charge in [-0.3, -0.25) is 0 Å². The molecule has 0 aliphatic heterocycles. The minimum absolute atomic E-state index is 0.209. The lowest BCUT2D eigenvalue weighted by atomic mass is 10.0. The van der Waals surface area contributed by atoms with Crippen LogP contribution in [0, 0.1) is 11.6 Å². The van der Waals surface area contributed by atoms with Gasteiger partial charge in [0, 0.05) is 5.56 Å². The van der Waals surface area contributed by atoms with Crippen LogP contribution in [0.4, 0.5) is 8.78 Å². The molecule has 0 unspecified atom stereocenters. The molecule has 0 heterocycles. The average molecular weight is 313 g/mol. The molecule has 0 atom stereocenters. The highest BCUT2D eigenvalue weighted by atomic mass is 79.9. The van der Waals surface area contributed by atoms with Crippen LogP contribution in [0.25, 0.3) is 11.1 Å². The molecule has 92 valence electrons. The van der Waals surface area contributed by atoms with Crippen LogP contribution in [-0.4, -0.2) is 11.1 Å². The maximum atomic E-state index is 13.8. The van der Waals surface area contributed by atoms with Crippen molar-refractivity contribution in [2.75, 3.05) is 0 Å². The second-order valence-electron chi connectivity index (χ2n) is 3.60. The highest BCUT2D eigenvalue weighted by Crippen LogP contribution is 2.28. The van der Waals surface area contributed by atoms with Gasteiger partial charge < -0.3 is 5.11 Å². The lowest BCUT2D eigenvalue weighted by molar-refractivity contribution is 0.0692. The zero-order valence-electron chi connectivity index (χ0n) is 8.95. The third kappa shape index (κ3) is 2.26. The molecule has 1 N–H and O–H groups in total. The SMILES string of the molecule is O=C(O)c1ccc(-c2cccc(Br)c2F)cc1F. The third-order valence-electron chi connectivity index (χ3n) is 2.46. The summed E-state index contributed by atoms with van der Waals surface area (Å²) in [5, 5.41) is 8.70. The van der Waals surface area contributed by atoms with E-state index in [0.29, 0.717) is 0 Å². The highest BCUT2D eigenvalue weighted by molar-refractivity contribution is 9.10. The summed E-state index contributed by atoms with van der Waals surface area (Å²) in [5.41, 5.74) is 0.0608. The molecule has 2 aromatic rings. The fourth-order valence-electron chi connectivity index (χ4n) is 1.58. The summed E-state index contributed by atoms with van der Waals surface area (Å²) in [6.45, 7) is 0. The van der Waals surface area contributed by atoms with E-state index in [1.807, 2.05) is 0 Å². The Morgan fingerprint density at radius 3 is 2.50 bits per heavy atom. The van der Waals surface area contributed by atoms with Crippen LogP contribution in [-0.2, 0) is 0 Å². The molecule has 18 heavy (non-hydrogen) atoms. The van der Waals surface area contributed by atoms with Crippen molar-refractivity contribution in [3.8, 4) is 11.1 Å². The lowest BCUT2D eigenvalue weighted by Gasteiger charge is -2.06. The molecular formula is C13H7BrF2O2. The number of aromatic carboxylic acids is 1. The van der Waals surface area contributed by atoms with E-state index in [4.69, 9.17) is 5.11 Å². The molecule has 0 saturated carbocycles. The molecule has 0 saturated heterocycles. The second-order valence-corrected chi connectivity index (χ2v) is 4.46. The van der Waals surface area contributed by atoms with Crippen LogP contribution in [0.5, 0.6) is 0 Å². The molecule has 2 nitrogen and oxygen atoms in total. The Balaban J connectivity index is 2.56. The van der Waals surface area contributed by atoms with Gasteiger partial charge in [-0.25, -0.2) is 13.6 Å². The molecule has 0 fully saturated rings. The van der Waals surface area contributed by atoms with Gasteiger partial charge in [-0.1, -0.05) is 18.2 Å². The van der Waals surface area contributed by atoms with Crippen LogP contribution >= 0.6 is 15.9 Å². The fourth-order valence-corrected chi connectivity index (χ4v) is 1.95. The zero-order chi connectivity index (χ0) is 13.3. The first kappa shape index (κ1) is 12.7. The first-order chi connectivity index (χ1) is 8.50. The second kappa shape index (κ2) is 4.86. The van der Waals surface area contributed by atoms with E-state index in [2.05, 4.69) is 15.9 Å². The first-order valence-corrected chi connectivity index (χ1v) is 5.77. The van der Waals surface area contributed by atoms with Crippen molar-refractivity contribution < 1.29 is 18.7 Å². The van der Waals surface area contributed by atoms with Crippen LogP contribution in [0.3, 0.4) is 0 Å². The Morgan fingerprint density at radius 2 is 1.89 bits per heavy atom. The van der Waals surface area contributed by atoms with Gasteiger partial charge >= 0.3 is 5.97 Å². The fraction of sp³-hybridized carbons (Fsp3) is 0. The van der Waals surface area contributed by atoms with Crippen molar-refractivity contribution >= 4 is 21.9 Å². The molecule has 2 rings (SSSR count). The summed E-state index contributed by atoms with van der Waals surface area (Å²) in [5.74, 6) is -2.76. The molecule has 0 aromatic heterocycles. The van der Waals surface area contributed by atoms with Crippen molar-refractivity contribution in [1.82, 2.24) is 0 Å². The van der Waals surface area contributed by atoms with Crippen LogP contribution < -0.4 is 0 Å². The van der Waals surface area contributed by atoms with Crippen molar-refractivity contribution in [3.05, 3.63) is 58.1 Å². The van der Waals surface area contributed by atoms with E-state index in [-0.39, 0.29) is 15.6 Å². The normalized spacial score (nSPS) is 10.4. The maximum Gasteiger partial charge on any atom is 0.338 e. The number of halogens is 3. The Kier molecular flexibility index (Phi) is 3.43. The smallest absolute Gasteiger partial charge is 0.338 e. The van der Waals surface area contributed by atoms with Gasteiger partial charge in [-0.05, 0) is 39.7 Å². The number of hydrogen-bond donors (Lipinski definition) is 1. The molecule has 0 aliphatic rings. The van der Waals surface area contributed by atoms with Gasteiger partial charge in [0.15, 0.2) is 0 Å². The van der Waals surface area contributed by atoms with Crippen molar-refractivity contribution in [2.45, 2.75) is 0 Å². The number of carboxylic acid groups (broad SMARTS) is 1. The first-order valence-electron chi connectivity index (χ1n) is 4.98. The minimum atomic E-state index is -1.35. The summed E-state index contributed by atoms with van der Waals surface area (Å²) in [4.78, 5) is 10.7. The molecule has 0 spiro atoms. The zero-order valence-corrected chi connectivity index (χ0v) is 10.5. The summed E-state index contributed by atoms with van der Waals surface area (Å²) in [6.07, 6.45) is 0. The Hall–Kier alpha value is -1.75. The molecular weight excluding hydrogens is 306 g/mol. The van der Waals surface area contributed by atoms with Gasteiger partial charge in [-0.15, -0.1) is 0 Å². The van der Waals surface area contributed by atoms with E-state index >= 15 is 0 Å². The average Bonchev–Trinajstić information content (AvgIpc) is 2.32. The molecule has 0 amide bonds. The van der Waals surface area contributed by atoms with E-state index in [9.17, 15) is 13.6 Å². The third-order valence-corrected chi connectivity index (χ3v) is 3.07. The maximum absolute atomic E-state index is 13.8. The van der Waals surface area contributed by atoms with Gasteiger partial charge in [-0.2, -0.15) is 0 Å². The highest BCUT2D eigenvalue weighted by Gasteiger charge is 2.13. The quantitative estimate of drug-likeness (QED) is 0.906. The molecule has 5 heteroatoms. The van der Waals surface area contributed by atoms with Gasteiger partial charge in [0.1, 0.15) is 11.6 Å². The lowest BCUT2D eigenvalue weighted by Crippen LogP contribution is -2.00. The van der Waals surface area contributed by atoms with E-state index in [0.717, 1.165) is 12.1 Å². The Morgan fingerprint density at radius 1 is 1.17 bits per heavy atom. The molecule has 0 aliphatic carbocycles. The molecule has 2 aromatic carbocycles. The number of hydrogen-bond acceptors (Lipinski definition) is 1. The largest absolute Gasteiger partial charge is 0.478 e. The predicted octanol–water partition coefficient (Wildman–Crippen LogP) is 4.09. The van der Waals surface area contributed by atoms with Crippen molar-refractivity contribution in [1.29, 1.82) is 0 Å².